The minimum absolute atomic E-state index is 0.241. The molecular formula is C19H30N6O. The highest BCUT2D eigenvalue weighted by Crippen LogP contribution is 2.57. The summed E-state index contributed by atoms with van der Waals surface area (Å²) in [6, 6.07) is 0. The largest absolute Gasteiger partial charge is 0.340 e. The van der Waals surface area contributed by atoms with E-state index in [1.54, 1.807) is 4.68 Å². The van der Waals surface area contributed by atoms with E-state index in [0.717, 1.165) is 49.8 Å². The van der Waals surface area contributed by atoms with Crippen LogP contribution in [0.15, 0.2) is 0 Å². The number of aryl methyl sites for hydroxylation is 2. The molecule has 7 heteroatoms. The first-order valence-corrected chi connectivity index (χ1v) is 10.4. The molecule has 0 N–H and O–H groups in total. The Labute approximate surface area is 155 Å². The van der Waals surface area contributed by atoms with Crippen LogP contribution in [0.5, 0.6) is 0 Å². The van der Waals surface area contributed by atoms with Crippen LogP contribution in [-0.4, -0.2) is 67.6 Å². The van der Waals surface area contributed by atoms with Crippen molar-refractivity contribution in [3.05, 3.63) is 5.82 Å². The van der Waals surface area contributed by atoms with Gasteiger partial charge in [-0.1, -0.05) is 0 Å². The second-order valence-electron chi connectivity index (χ2n) is 9.21. The molecule has 4 aliphatic carbocycles. The Morgan fingerprint density at radius 1 is 1.04 bits per heavy atom. The molecule has 0 aromatic carbocycles. The van der Waals surface area contributed by atoms with Crippen molar-refractivity contribution >= 4 is 5.91 Å². The molecule has 1 aliphatic heterocycles. The summed E-state index contributed by atoms with van der Waals surface area (Å²) in [6.45, 7) is 6.33. The minimum Gasteiger partial charge on any atom is -0.340 e. The summed E-state index contributed by atoms with van der Waals surface area (Å²) < 4.78 is 1.71. The highest BCUT2D eigenvalue weighted by atomic mass is 16.2. The Morgan fingerprint density at radius 3 is 2.19 bits per heavy atom. The van der Waals surface area contributed by atoms with Gasteiger partial charge in [0.25, 0.3) is 0 Å². The summed E-state index contributed by atoms with van der Waals surface area (Å²) >= 11 is 0. The smallest absolute Gasteiger partial charge is 0.224 e. The Balaban J connectivity index is 1.16. The Morgan fingerprint density at radius 2 is 1.65 bits per heavy atom. The normalized spacial score (nSPS) is 36.7. The monoisotopic (exact) mass is 358 g/mol. The van der Waals surface area contributed by atoms with Crippen molar-refractivity contribution in [3.8, 4) is 0 Å². The van der Waals surface area contributed by atoms with E-state index in [1.807, 2.05) is 6.92 Å². The lowest BCUT2D eigenvalue weighted by atomic mass is 9.52. The predicted molar refractivity (Wildman–Crippen MR) is 96.2 cm³/mol. The average Bonchev–Trinajstić information content (AvgIpc) is 3.04. The van der Waals surface area contributed by atoms with Crippen molar-refractivity contribution in [2.24, 2.45) is 17.8 Å². The van der Waals surface area contributed by atoms with Gasteiger partial charge < -0.3 is 4.90 Å². The number of amides is 1. The Kier molecular flexibility index (Phi) is 4.03. The molecule has 7 nitrogen and oxygen atoms in total. The fraction of sp³-hybridized carbons (Fsp3) is 0.895. The van der Waals surface area contributed by atoms with Crippen LogP contribution >= 0.6 is 0 Å². The fourth-order valence-corrected chi connectivity index (χ4v) is 6.70. The van der Waals surface area contributed by atoms with Crippen molar-refractivity contribution in [1.29, 1.82) is 0 Å². The van der Waals surface area contributed by atoms with Crippen LogP contribution in [0.25, 0.3) is 0 Å². The summed E-state index contributed by atoms with van der Waals surface area (Å²) in [4.78, 5) is 17.4. The van der Waals surface area contributed by atoms with E-state index in [4.69, 9.17) is 0 Å². The lowest BCUT2D eigenvalue weighted by Gasteiger charge is -2.61. The van der Waals surface area contributed by atoms with Gasteiger partial charge in [-0.25, -0.2) is 4.68 Å². The first-order valence-electron chi connectivity index (χ1n) is 10.4. The molecule has 26 heavy (non-hydrogen) atoms. The molecule has 0 unspecified atom stereocenters. The van der Waals surface area contributed by atoms with Gasteiger partial charge in [-0.05, 0) is 73.6 Å². The van der Waals surface area contributed by atoms with Crippen molar-refractivity contribution in [2.75, 3.05) is 26.2 Å². The van der Waals surface area contributed by atoms with E-state index in [9.17, 15) is 4.79 Å². The molecule has 0 spiro atoms. The van der Waals surface area contributed by atoms with E-state index in [2.05, 4.69) is 25.3 Å². The fourth-order valence-electron chi connectivity index (χ4n) is 6.70. The molecule has 1 aromatic rings. The van der Waals surface area contributed by atoms with Crippen molar-refractivity contribution in [1.82, 2.24) is 30.0 Å². The highest BCUT2D eigenvalue weighted by Gasteiger charge is 2.53. The molecule has 6 rings (SSSR count). The average molecular weight is 358 g/mol. The van der Waals surface area contributed by atoms with E-state index in [1.165, 1.54) is 38.5 Å². The number of piperazine rings is 1. The topological polar surface area (TPSA) is 67.2 Å². The Bertz CT molecular complexity index is 642. The molecule has 0 radical (unpaired) electrons. The number of carbonyl (C=O) groups excluding carboxylic acids is 1. The van der Waals surface area contributed by atoms with Crippen LogP contribution in [-0.2, 0) is 11.3 Å². The van der Waals surface area contributed by atoms with Crippen LogP contribution in [0.1, 0.15) is 50.8 Å². The molecule has 1 amide bonds. The zero-order chi connectivity index (χ0) is 17.7. The summed E-state index contributed by atoms with van der Waals surface area (Å²) in [5.74, 6) is 3.97. The molecule has 2 heterocycles. The minimum atomic E-state index is 0.241. The van der Waals surface area contributed by atoms with Crippen LogP contribution in [0, 0.1) is 24.7 Å². The van der Waals surface area contributed by atoms with Crippen molar-refractivity contribution < 1.29 is 4.79 Å². The lowest BCUT2D eigenvalue weighted by Crippen LogP contribution is -2.64. The summed E-state index contributed by atoms with van der Waals surface area (Å²) in [5.41, 5.74) is 0.480. The predicted octanol–water partition coefficient (Wildman–Crippen LogP) is 1.48. The first-order chi connectivity index (χ1) is 12.6. The van der Waals surface area contributed by atoms with Gasteiger partial charge >= 0.3 is 0 Å². The van der Waals surface area contributed by atoms with E-state index < -0.39 is 0 Å². The van der Waals surface area contributed by atoms with Crippen LogP contribution in [0.4, 0.5) is 0 Å². The van der Waals surface area contributed by atoms with Gasteiger partial charge in [0.05, 0.1) is 6.54 Å². The molecule has 5 aliphatic rings. The van der Waals surface area contributed by atoms with Gasteiger partial charge in [0.15, 0.2) is 0 Å². The molecular weight excluding hydrogens is 328 g/mol. The second kappa shape index (κ2) is 6.29. The maximum absolute atomic E-state index is 12.6. The maximum Gasteiger partial charge on any atom is 0.224 e. The lowest BCUT2D eigenvalue weighted by molar-refractivity contribution is -0.138. The van der Waals surface area contributed by atoms with Crippen molar-refractivity contribution in [3.63, 3.8) is 0 Å². The van der Waals surface area contributed by atoms with Gasteiger partial charge in [0.2, 0.25) is 5.91 Å². The number of tetrazole rings is 1. The van der Waals surface area contributed by atoms with Gasteiger partial charge in [0, 0.05) is 38.1 Å². The summed E-state index contributed by atoms with van der Waals surface area (Å²) in [5, 5.41) is 11.4. The molecule has 5 fully saturated rings. The van der Waals surface area contributed by atoms with Gasteiger partial charge in [-0.3, -0.25) is 9.69 Å². The number of hydrogen-bond donors (Lipinski definition) is 0. The quantitative estimate of drug-likeness (QED) is 0.816. The summed E-state index contributed by atoms with van der Waals surface area (Å²) in [6.07, 6.45) is 9.24. The van der Waals surface area contributed by atoms with Crippen LogP contribution in [0.3, 0.4) is 0 Å². The van der Waals surface area contributed by atoms with E-state index in [0.29, 0.717) is 18.5 Å². The number of rotatable bonds is 4. The zero-order valence-electron chi connectivity index (χ0n) is 15.8. The third-order valence-corrected chi connectivity index (χ3v) is 7.56. The molecule has 1 saturated heterocycles. The number of hydrogen-bond acceptors (Lipinski definition) is 5. The zero-order valence-corrected chi connectivity index (χ0v) is 15.8. The van der Waals surface area contributed by atoms with Gasteiger partial charge in [-0.2, -0.15) is 0 Å². The first kappa shape index (κ1) is 16.7. The number of aromatic nitrogens is 4. The molecule has 0 atom stereocenters. The SMILES string of the molecule is Cc1nnnn1CCC(=O)N1CCN(C23CC4CC(CC(C4)C2)C3)CC1. The van der Waals surface area contributed by atoms with E-state index in [-0.39, 0.29) is 5.91 Å². The van der Waals surface area contributed by atoms with E-state index >= 15 is 0 Å². The van der Waals surface area contributed by atoms with Crippen molar-refractivity contribution in [2.45, 2.75) is 64.0 Å². The highest BCUT2D eigenvalue weighted by molar-refractivity contribution is 5.76. The molecule has 4 saturated carbocycles. The number of carbonyl (C=O) groups is 1. The third kappa shape index (κ3) is 2.84. The standard InChI is InChI=1S/C19H30N6O/c1-14-20-21-22-25(14)3-2-18(26)23-4-6-24(7-5-23)19-11-15-8-16(12-19)10-17(9-15)13-19/h15-17H,2-13H2,1H3. The van der Waals surface area contributed by atoms with Gasteiger partial charge in [0.1, 0.15) is 5.82 Å². The Hall–Kier alpha value is -1.50. The molecule has 142 valence electrons. The maximum atomic E-state index is 12.6. The van der Waals surface area contributed by atoms with Crippen LogP contribution < -0.4 is 0 Å². The summed E-state index contributed by atoms with van der Waals surface area (Å²) in [7, 11) is 0. The molecule has 1 aromatic heterocycles. The molecule has 4 bridgehead atoms. The van der Waals surface area contributed by atoms with Crippen LogP contribution in [0.2, 0.25) is 0 Å². The number of nitrogens with zero attached hydrogens (tertiary/aromatic N) is 6. The van der Waals surface area contributed by atoms with Gasteiger partial charge in [-0.15, -0.1) is 5.10 Å². The third-order valence-electron chi connectivity index (χ3n) is 7.56. The second-order valence-corrected chi connectivity index (χ2v) is 9.21.